The molecule has 4 nitrogen and oxygen atoms in total. The molecule has 0 spiro atoms. The highest BCUT2D eigenvalue weighted by atomic mass is 16.2. The molecule has 0 saturated carbocycles. The standard InChI is InChI=1S/C14H20N2O.C10H9N/c1-3-11-4-6-12(7-5-11)16-14(17)13-8-10(2)9-15-13;1-8-2-3-10-7-11-5-4-9(10)6-8/h4-7,10,13,15H,3,8-9H2,1-2H3,(H,16,17);2-7H,1H3. The number of pyridine rings is 1. The highest BCUT2D eigenvalue weighted by Crippen LogP contribution is 2.16. The second-order valence-electron chi connectivity index (χ2n) is 7.57. The minimum Gasteiger partial charge on any atom is -0.325 e. The van der Waals surface area contributed by atoms with Crippen LogP contribution in [0.3, 0.4) is 0 Å². The van der Waals surface area contributed by atoms with Crippen LogP contribution in [0.4, 0.5) is 5.69 Å². The van der Waals surface area contributed by atoms with Crippen molar-refractivity contribution in [3.8, 4) is 0 Å². The first-order chi connectivity index (χ1) is 13.5. The van der Waals surface area contributed by atoms with Gasteiger partial charge in [-0.3, -0.25) is 9.78 Å². The summed E-state index contributed by atoms with van der Waals surface area (Å²) in [6.07, 6.45) is 5.66. The molecule has 0 radical (unpaired) electrons. The molecule has 2 unspecified atom stereocenters. The van der Waals surface area contributed by atoms with E-state index in [1.54, 1.807) is 0 Å². The molecule has 4 rings (SSSR count). The van der Waals surface area contributed by atoms with Crippen molar-refractivity contribution in [2.24, 2.45) is 5.92 Å². The predicted molar refractivity (Wildman–Crippen MR) is 117 cm³/mol. The maximum Gasteiger partial charge on any atom is 0.241 e. The number of amides is 1. The molecule has 1 saturated heterocycles. The fourth-order valence-corrected chi connectivity index (χ4v) is 3.37. The Kier molecular flexibility index (Phi) is 6.77. The summed E-state index contributed by atoms with van der Waals surface area (Å²) in [7, 11) is 0. The zero-order valence-corrected chi connectivity index (χ0v) is 16.9. The number of nitrogens with zero attached hydrogens (tertiary/aromatic N) is 1. The number of benzene rings is 2. The molecule has 2 heterocycles. The Balaban J connectivity index is 0.000000176. The second-order valence-corrected chi connectivity index (χ2v) is 7.57. The monoisotopic (exact) mass is 375 g/mol. The first kappa shape index (κ1) is 20.0. The zero-order valence-electron chi connectivity index (χ0n) is 16.9. The van der Waals surface area contributed by atoms with Gasteiger partial charge in [0, 0.05) is 23.5 Å². The molecular formula is C24H29N3O. The van der Waals surface area contributed by atoms with Gasteiger partial charge in [-0.2, -0.15) is 0 Å². The van der Waals surface area contributed by atoms with Gasteiger partial charge in [0.25, 0.3) is 0 Å². The highest BCUT2D eigenvalue weighted by Gasteiger charge is 2.26. The van der Waals surface area contributed by atoms with Crippen LogP contribution in [-0.2, 0) is 11.2 Å². The number of rotatable bonds is 3. The van der Waals surface area contributed by atoms with E-state index in [9.17, 15) is 4.79 Å². The average molecular weight is 376 g/mol. The number of fused-ring (bicyclic) bond motifs is 1. The third kappa shape index (κ3) is 5.40. The summed E-state index contributed by atoms with van der Waals surface area (Å²) in [6.45, 7) is 7.32. The minimum atomic E-state index is -0.0316. The molecule has 0 bridgehead atoms. The fourth-order valence-electron chi connectivity index (χ4n) is 3.37. The SMILES string of the molecule is CCc1ccc(NC(=O)C2CC(C)CN2)cc1.Cc1ccc2cnccc2c1. The number of hydrogen-bond acceptors (Lipinski definition) is 3. The number of carbonyl (C=O) groups is 1. The Morgan fingerprint density at radius 1 is 1.14 bits per heavy atom. The molecule has 4 heteroatoms. The van der Waals surface area contributed by atoms with Crippen molar-refractivity contribution in [2.45, 2.75) is 39.7 Å². The van der Waals surface area contributed by atoms with E-state index < -0.39 is 0 Å². The topological polar surface area (TPSA) is 54.0 Å². The van der Waals surface area contributed by atoms with E-state index in [0.29, 0.717) is 5.92 Å². The highest BCUT2D eigenvalue weighted by molar-refractivity contribution is 5.95. The summed E-state index contributed by atoms with van der Waals surface area (Å²) in [4.78, 5) is 16.0. The van der Waals surface area contributed by atoms with Crippen LogP contribution in [0.2, 0.25) is 0 Å². The van der Waals surface area contributed by atoms with Crippen molar-refractivity contribution >= 4 is 22.4 Å². The Labute approximate surface area is 167 Å². The fraction of sp³-hybridized carbons (Fsp3) is 0.333. The van der Waals surface area contributed by atoms with Gasteiger partial charge in [0.2, 0.25) is 5.91 Å². The number of carbonyl (C=O) groups excluding carboxylic acids is 1. The smallest absolute Gasteiger partial charge is 0.241 e. The van der Waals surface area contributed by atoms with Crippen LogP contribution < -0.4 is 10.6 Å². The summed E-state index contributed by atoms with van der Waals surface area (Å²) >= 11 is 0. The first-order valence-corrected chi connectivity index (χ1v) is 9.98. The molecule has 1 aromatic heterocycles. The Hall–Kier alpha value is -2.72. The first-order valence-electron chi connectivity index (χ1n) is 9.98. The van der Waals surface area contributed by atoms with E-state index in [0.717, 1.165) is 25.1 Å². The number of anilines is 1. The molecular weight excluding hydrogens is 346 g/mol. The third-order valence-electron chi connectivity index (χ3n) is 5.09. The number of aryl methyl sites for hydroxylation is 2. The molecule has 1 fully saturated rings. The Bertz CT molecular complexity index is 921. The van der Waals surface area contributed by atoms with Gasteiger partial charge in [0.05, 0.1) is 6.04 Å². The van der Waals surface area contributed by atoms with Crippen LogP contribution >= 0.6 is 0 Å². The summed E-state index contributed by atoms with van der Waals surface area (Å²) < 4.78 is 0. The van der Waals surface area contributed by atoms with Gasteiger partial charge in [-0.1, -0.05) is 49.7 Å². The predicted octanol–water partition coefficient (Wildman–Crippen LogP) is 4.73. The van der Waals surface area contributed by atoms with Crippen LogP contribution in [0.25, 0.3) is 10.8 Å². The summed E-state index contributed by atoms with van der Waals surface area (Å²) in [5.41, 5.74) is 3.47. The molecule has 1 amide bonds. The van der Waals surface area contributed by atoms with Gasteiger partial charge in [-0.15, -0.1) is 0 Å². The number of hydrogen-bond donors (Lipinski definition) is 2. The quantitative estimate of drug-likeness (QED) is 0.696. The van der Waals surface area contributed by atoms with Crippen LogP contribution in [0.15, 0.2) is 60.9 Å². The molecule has 3 aromatic rings. The summed E-state index contributed by atoms with van der Waals surface area (Å²) in [6, 6.07) is 16.4. The van der Waals surface area contributed by atoms with E-state index in [-0.39, 0.29) is 11.9 Å². The molecule has 1 aliphatic rings. The Morgan fingerprint density at radius 3 is 2.61 bits per heavy atom. The van der Waals surface area contributed by atoms with Crippen molar-refractivity contribution in [1.82, 2.24) is 10.3 Å². The van der Waals surface area contributed by atoms with Crippen LogP contribution in [-0.4, -0.2) is 23.5 Å². The molecule has 0 aliphatic carbocycles. The van der Waals surface area contributed by atoms with Crippen molar-refractivity contribution in [1.29, 1.82) is 0 Å². The van der Waals surface area contributed by atoms with E-state index in [1.165, 1.54) is 21.9 Å². The molecule has 2 atom stereocenters. The summed E-state index contributed by atoms with van der Waals surface area (Å²) in [5.74, 6) is 0.673. The van der Waals surface area contributed by atoms with E-state index in [4.69, 9.17) is 0 Å². The molecule has 28 heavy (non-hydrogen) atoms. The van der Waals surface area contributed by atoms with Crippen LogP contribution in [0, 0.1) is 12.8 Å². The lowest BCUT2D eigenvalue weighted by molar-refractivity contribution is -0.117. The van der Waals surface area contributed by atoms with E-state index in [2.05, 4.69) is 66.7 Å². The van der Waals surface area contributed by atoms with Gasteiger partial charge >= 0.3 is 0 Å². The van der Waals surface area contributed by atoms with Crippen molar-refractivity contribution in [3.05, 3.63) is 72.1 Å². The maximum atomic E-state index is 11.9. The Morgan fingerprint density at radius 2 is 1.93 bits per heavy atom. The lowest BCUT2D eigenvalue weighted by atomic mass is 10.1. The van der Waals surface area contributed by atoms with Crippen LogP contribution in [0.1, 0.15) is 31.4 Å². The van der Waals surface area contributed by atoms with Crippen molar-refractivity contribution in [2.75, 3.05) is 11.9 Å². The third-order valence-corrected chi connectivity index (χ3v) is 5.09. The van der Waals surface area contributed by atoms with Gasteiger partial charge in [-0.25, -0.2) is 0 Å². The molecule has 2 N–H and O–H groups in total. The van der Waals surface area contributed by atoms with Crippen LogP contribution in [0.5, 0.6) is 0 Å². The number of aromatic nitrogens is 1. The second kappa shape index (κ2) is 9.47. The lowest BCUT2D eigenvalue weighted by Crippen LogP contribution is -2.35. The normalized spacial score (nSPS) is 18.4. The molecule has 1 aliphatic heterocycles. The molecule has 146 valence electrons. The van der Waals surface area contributed by atoms with E-state index >= 15 is 0 Å². The summed E-state index contributed by atoms with van der Waals surface area (Å²) in [5, 5.41) is 8.66. The average Bonchev–Trinajstić information content (AvgIpc) is 3.15. The maximum absolute atomic E-state index is 11.9. The minimum absolute atomic E-state index is 0.0316. The number of nitrogens with one attached hydrogen (secondary N) is 2. The molecule has 2 aromatic carbocycles. The van der Waals surface area contributed by atoms with Gasteiger partial charge in [-0.05, 0) is 61.4 Å². The van der Waals surface area contributed by atoms with Crippen molar-refractivity contribution in [3.63, 3.8) is 0 Å². The zero-order chi connectivity index (χ0) is 19.9. The van der Waals surface area contributed by atoms with Gasteiger partial charge < -0.3 is 10.6 Å². The van der Waals surface area contributed by atoms with Gasteiger partial charge in [0.1, 0.15) is 0 Å². The largest absolute Gasteiger partial charge is 0.325 e. The lowest BCUT2D eigenvalue weighted by Gasteiger charge is -2.11. The van der Waals surface area contributed by atoms with E-state index in [1.807, 2.05) is 30.6 Å². The van der Waals surface area contributed by atoms with Gasteiger partial charge in [0.15, 0.2) is 0 Å². The van der Waals surface area contributed by atoms with Crippen molar-refractivity contribution < 1.29 is 4.79 Å².